The minimum Gasteiger partial charge on any atom is -0.497 e. The number of hydrogen-bond donors (Lipinski definition) is 0. The zero-order valence-electron chi connectivity index (χ0n) is 14.2. The smallest absolute Gasteiger partial charge is 0.232 e. The van der Waals surface area contributed by atoms with Crippen molar-refractivity contribution in [3.63, 3.8) is 0 Å². The summed E-state index contributed by atoms with van der Waals surface area (Å²) in [6.45, 7) is 6.21. The van der Waals surface area contributed by atoms with E-state index in [1.807, 2.05) is 12.1 Å². The Labute approximate surface area is 142 Å². The highest BCUT2D eigenvalue weighted by Crippen LogP contribution is 2.34. The molecule has 0 saturated carbocycles. The lowest BCUT2D eigenvalue weighted by molar-refractivity contribution is 0.101. The number of Topliss-reactive ketones (excluding diaryl/α,β-unsaturated/α-hetero) is 1. The Morgan fingerprint density at radius 2 is 1.79 bits per heavy atom. The molecule has 24 heavy (non-hydrogen) atoms. The molecule has 0 aliphatic carbocycles. The van der Waals surface area contributed by atoms with Gasteiger partial charge in [-0.3, -0.25) is 4.79 Å². The Morgan fingerprint density at radius 3 is 2.42 bits per heavy atom. The molecular formula is C20H21NO3. The molecule has 0 amide bonds. The van der Waals surface area contributed by atoms with Crippen LogP contribution in [0.15, 0.2) is 48.2 Å². The van der Waals surface area contributed by atoms with Crippen LogP contribution in [-0.4, -0.2) is 26.0 Å². The summed E-state index contributed by atoms with van der Waals surface area (Å²) in [6.07, 6.45) is 1.78. The van der Waals surface area contributed by atoms with Crippen LogP contribution in [-0.2, 0) is 0 Å². The van der Waals surface area contributed by atoms with Crippen LogP contribution in [0.2, 0.25) is 0 Å². The van der Waals surface area contributed by atoms with Crippen molar-refractivity contribution in [2.24, 2.45) is 0 Å². The van der Waals surface area contributed by atoms with Crippen LogP contribution in [0.1, 0.15) is 29.8 Å². The average Bonchev–Trinajstić information content (AvgIpc) is 2.93. The van der Waals surface area contributed by atoms with Gasteiger partial charge in [0.05, 0.1) is 12.7 Å². The molecule has 0 N–H and O–H groups in total. The monoisotopic (exact) mass is 323 g/mol. The third-order valence-corrected chi connectivity index (χ3v) is 4.19. The number of benzene rings is 2. The number of ether oxygens (including phenoxy) is 2. The summed E-state index contributed by atoms with van der Waals surface area (Å²) in [4.78, 5) is 14.8. The lowest BCUT2D eigenvalue weighted by Crippen LogP contribution is -2.21. The van der Waals surface area contributed by atoms with Gasteiger partial charge in [-0.1, -0.05) is 12.1 Å². The second kappa shape index (κ2) is 6.79. The Balaban J connectivity index is 1.84. The highest BCUT2D eigenvalue weighted by Gasteiger charge is 2.27. The van der Waals surface area contributed by atoms with Gasteiger partial charge in [-0.25, -0.2) is 0 Å². The Hall–Kier alpha value is -2.75. The summed E-state index contributed by atoms with van der Waals surface area (Å²) in [6, 6.07) is 13.4. The molecule has 4 nitrogen and oxygen atoms in total. The molecule has 0 saturated heterocycles. The Kier molecular flexibility index (Phi) is 4.56. The summed E-state index contributed by atoms with van der Waals surface area (Å²) < 4.78 is 10.9. The number of anilines is 1. The van der Waals surface area contributed by atoms with E-state index >= 15 is 0 Å². The number of allylic oxidation sites excluding steroid dienone is 1. The van der Waals surface area contributed by atoms with E-state index in [-0.39, 0.29) is 5.78 Å². The Morgan fingerprint density at radius 1 is 1.08 bits per heavy atom. The van der Waals surface area contributed by atoms with Crippen molar-refractivity contribution >= 4 is 17.5 Å². The lowest BCUT2D eigenvalue weighted by atomic mass is 10.1. The first-order valence-corrected chi connectivity index (χ1v) is 8.13. The minimum absolute atomic E-state index is 0.114. The molecular weight excluding hydrogens is 302 g/mol. The zero-order chi connectivity index (χ0) is 17.1. The van der Waals surface area contributed by atoms with Gasteiger partial charge in [-0.2, -0.15) is 0 Å². The molecule has 0 unspecified atom stereocenters. The quantitative estimate of drug-likeness (QED) is 0.775. The van der Waals surface area contributed by atoms with Crippen molar-refractivity contribution in [3.8, 4) is 11.5 Å². The van der Waals surface area contributed by atoms with E-state index in [9.17, 15) is 4.79 Å². The number of fused-ring (bicyclic) bond motifs is 1. The van der Waals surface area contributed by atoms with Crippen LogP contribution in [0.5, 0.6) is 11.5 Å². The molecule has 0 atom stereocenters. The van der Waals surface area contributed by atoms with Gasteiger partial charge in [-0.05, 0) is 55.8 Å². The largest absolute Gasteiger partial charge is 0.497 e. The van der Waals surface area contributed by atoms with Gasteiger partial charge in [0.2, 0.25) is 5.78 Å². The van der Waals surface area contributed by atoms with Crippen molar-refractivity contribution < 1.29 is 14.3 Å². The van der Waals surface area contributed by atoms with Gasteiger partial charge >= 0.3 is 0 Å². The number of ketones is 1. The van der Waals surface area contributed by atoms with Crippen molar-refractivity contribution in [3.05, 3.63) is 59.4 Å². The molecule has 2 aromatic rings. The molecule has 0 fully saturated rings. The molecule has 0 spiro atoms. The predicted octanol–water partition coefficient (Wildman–Crippen LogP) is 4.16. The van der Waals surface area contributed by atoms with Gasteiger partial charge < -0.3 is 14.4 Å². The van der Waals surface area contributed by atoms with E-state index in [4.69, 9.17) is 9.47 Å². The van der Waals surface area contributed by atoms with E-state index in [2.05, 4.69) is 30.9 Å². The predicted molar refractivity (Wildman–Crippen MR) is 95.9 cm³/mol. The average molecular weight is 323 g/mol. The molecule has 124 valence electrons. The summed E-state index contributed by atoms with van der Waals surface area (Å²) in [5, 5.41) is 0. The summed E-state index contributed by atoms with van der Waals surface area (Å²) in [5.74, 6) is 1.45. The maximum absolute atomic E-state index is 12.5. The second-order valence-electron chi connectivity index (χ2n) is 5.57. The van der Waals surface area contributed by atoms with E-state index in [1.54, 1.807) is 31.4 Å². The van der Waals surface area contributed by atoms with E-state index < -0.39 is 0 Å². The third kappa shape index (κ3) is 3.00. The number of hydrogen-bond acceptors (Lipinski definition) is 4. The fourth-order valence-corrected chi connectivity index (χ4v) is 2.82. The summed E-state index contributed by atoms with van der Waals surface area (Å²) in [5.41, 5.74) is 2.66. The maximum atomic E-state index is 12.5. The van der Waals surface area contributed by atoms with Crippen LogP contribution < -0.4 is 14.4 Å². The number of methoxy groups -OCH3 is 1. The first kappa shape index (κ1) is 16.1. The Bertz CT molecular complexity index is 774. The molecule has 1 heterocycles. The highest BCUT2D eigenvalue weighted by molar-refractivity contribution is 6.14. The van der Waals surface area contributed by atoms with E-state index in [1.165, 1.54) is 5.69 Å². The topological polar surface area (TPSA) is 38.8 Å². The van der Waals surface area contributed by atoms with Crippen molar-refractivity contribution in [1.29, 1.82) is 0 Å². The van der Waals surface area contributed by atoms with Gasteiger partial charge in [0.1, 0.15) is 11.5 Å². The summed E-state index contributed by atoms with van der Waals surface area (Å²) in [7, 11) is 1.58. The molecule has 2 aromatic carbocycles. The first-order chi connectivity index (χ1) is 11.7. The van der Waals surface area contributed by atoms with Crippen LogP contribution in [0.25, 0.3) is 6.08 Å². The van der Waals surface area contributed by atoms with Gasteiger partial charge in [0, 0.05) is 18.8 Å². The van der Waals surface area contributed by atoms with Crippen LogP contribution in [0.4, 0.5) is 5.69 Å². The van der Waals surface area contributed by atoms with Crippen LogP contribution >= 0.6 is 0 Å². The van der Waals surface area contributed by atoms with Crippen molar-refractivity contribution in [1.82, 2.24) is 0 Å². The summed E-state index contributed by atoms with van der Waals surface area (Å²) >= 11 is 0. The number of carbonyl (C=O) groups excluding carboxylic acids is 1. The number of rotatable bonds is 5. The molecule has 1 aliphatic heterocycles. The van der Waals surface area contributed by atoms with Crippen molar-refractivity contribution in [2.75, 3.05) is 25.1 Å². The fourth-order valence-electron chi connectivity index (χ4n) is 2.82. The SMILES string of the molecule is CCN(CC)c1ccc(/C=C2\Oc3ccc(OC)cc3C2=O)cc1. The maximum Gasteiger partial charge on any atom is 0.232 e. The van der Waals surface area contributed by atoms with Crippen molar-refractivity contribution in [2.45, 2.75) is 13.8 Å². The van der Waals surface area contributed by atoms with Gasteiger partial charge in [0.25, 0.3) is 0 Å². The standard InChI is InChI=1S/C20H21NO3/c1-4-21(5-2)15-8-6-14(7-9-15)12-19-20(22)17-13-16(23-3)10-11-18(17)24-19/h6-13H,4-5H2,1-3H3/b19-12-. The van der Waals surface area contributed by atoms with Crippen LogP contribution in [0.3, 0.4) is 0 Å². The third-order valence-electron chi connectivity index (χ3n) is 4.19. The van der Waals surface area contributed by atoms with E-state index in [0.717, 1.165) is 18.7 Å². The first-order valence-electron chi connectivity index (χ1n) is 8.13. The van der Waals surface area contributed by atoms with Gasteiger partial charge in [0.15, 0.2) is 5.76 Å². The fraction of sp³-hybridized carbons (Fsp3) is 0.250. The minimum atomic E-state index is -0.114. The number of carbonyl (C=O) groups is 1. The molecule has 3 rings (SSSR count). The van der Waals surface area contributed by atoms with Gasteiger partial charge in [-0.15, -0.1) is 0 Å². The number of nitrogens with zero attached hydrogens (tertiary/aromatic N) is 1. The molecule has 1 aliphatic rings. The normalized spacial score (nSPS) is 14.5. The van der Waals surface area contributed by atoms with Crippen LogP contribution in [0, 0.1) is 0 Å². The van der Waals surface area contributed by atoms with E-state index in [0.29, 0.717) is 22.8 Å². The lowest BCUT2D eigenvalue weighted by Gasteiger charge is -2.20. The molecule has 0 radical (unpaired) electrons. The molecule has 0 aromatic heterocycles. The zero-order valence-corrected chi connectivity index (χ0v) is 14.2. The second-order valence-corrected chi connectivity index (χ2v) is 5.57. The highest BCUT2D eigenvalue weighted by atomic mass is 16.5. The molecule has 0 bridgehead atoms. The molecule has 4 heteroatoms.